The molecule has 206 valence electrons. The van der Waals surface area contributed by atoms with Gasteiger partial charge in [0.25, 0.3) is 0 Å². The number of carbonyl (C=O) groups is 1. The quantitative estimate of drug-likeness (QED) is 0.332. The van der Waals surface area contributed by atoms with Crippen molar-refractivity contribution in [3.8, 4) is 22.6 Å². The van der Waals surface area contributed by atoms with Gasteiger partial charge in [-0.2, -0.15) is 0 Å². The van der Waals surface area contributed by atoms with Gasteiger partial charge in [-0.1, -0.05) is 33.8 Å². The normalized spacial score (nSPS) is 12.7. The van der Waals surface area contributed by atoms with Crippen molar-refractivity contribution in [2.45, 2.75) is 65.3 Å². The maximum atomic E-state index is 15.7. The zero-order chi connectivity index (χ0) is 28.1. The van der Waals surface area contributed by atoms with E-state index in [2.05, 4.69) is 29.7 Å². The van der Waals surface area contributed by atoms with Gasteiger partial charge in [0.1, 0.15) is 17.3 Å². The molecule has 0 aliphatic heterocycles. The Morgan fingerprint density at radius 2 is 1.95 bits per heavy atom. The zero-order valence-corrected chi connectivity index (χ0v) is 23.4. The second-order valence-electron chi connectivity index (χ2n) is 10.1. The number of aryl methyl sites for hydroxylation is 1. The predicted molar refractivity (Wildman–Crippen MR) is 145 cm³/mol. The van der Waals surface area contributed by atoms with E-state index in [0.29, 0.717) is 48.0 Å². The molecular formula is C26H35FN6O4S. The van der Waals surface area contributed by atoms with Crippen LogP contribution in [0.3, 0.4) is 0 Å². The van der Waals surface area contributed by atoms with Crippen molar-refractivity contribution >= 4 is 21.8 Å². The molecule has 0 spiro atoms. The summed E-state index contributed by atoms with van der Waals surface area (Å²) in [5, 5.41) is 2.71. The number of halogens is 1. The van der Waals surface area contributed by atoms with E-state index in [9.17, 15) is 13.2 Å². The molecule has 0 unspecified atom stereocenters. The molecule has 10 nitrogen and oxygen atoms in total. The summed E-state index contributed by atoms with van der Waals surface area (Å²) in [6.45, 7) is 9.53. The number of ether oxygens (including phenoxy) is 1. The summed E-state index contributed by atoms with van der Waals surface area (Å²) >= 11 is 0. The zero-order valence-electron chi connectivity index (χ0n) is 22.6. The molecule has 0 radical (unpaired) electrons. The van der Waals surface area contributed by atoms with E-state index in [1.165, 1.54) is 13.2 Å². The topological polar surface area (TPSA) is 139 Å². The lowest BCUT2D eigenvalue weighted by molar-refractivity contribution is 0.167. The van der Waals surface area contributed by atoms with Gasteiger partial charge in [0.2, 0.25) is 10.0 Å². The van der Waals surface area contributed by atoms with Gasteiger partial charge in [0, 0.05) is 29.6 Å². The van der Waals surface area contributed by atoms with Crippen LogP contribution in [0.4, 0.5) is 14.9 Å². The molecule has 0 saturated carbocycles. The second-order valence-corrected chi connectivity index (χ2v) is 11.9. The van der Waals surface area contributed by atoms with Gasteiger partial charge in [0.15, 0.2) is 5.82 Å². The second kappa shape index (κ2) is 11.9. The molecule has 0 bridgehead atoms. The number of alkyl carbamates (subject to hydrolysis) is 1. The number of methoxy groups -OCH3 is 1. The van der Waals surface area contributed by atoms with Crippen molar-refractivity contribution in [3.63, 3.8) is 0 Å². The molecule has 1 atom stereocenters. The fourth-order valence-electron chi connectivity index (χ4n) is 3.73. The highest BCUT2D eigenvalue weighted by Gasteiger charge is 2.26. The van der Waals surface area contributed by atoms with Crippen LogP contribution in [-0.2, 0) is 26.6 Å². The number of aromatic nitrogens is 4. The minimum absolute atomic E-state index is 0.115. The molecule has 2 aromatic heterocycles. The lowest BCUT2D eigenvalue weighted by Gasteiger charge is -2.14. The molecule has 3 N–H and O–H groups in total. The van der Waals surface area contributed by atoms with E-state index in [-0.39, 0.29) is 28.5 Å². The molecule has 0 saturated heterocycles. The average molecular weight is 547 g/mol. The monoisotopic (exact) mass is 546 g/mol. The summed E-state index contributed by atoms with van der Waals surface area (Å²) in [5.41, 5.74) is 0.936. The summed E-state index contributed by atoms with van der Waals surface area (Å²) in [4.78, 5) is 28.5. The number of imidazole rings is 1. The number of nitrogens with one attached hydrogen (secondary N) is 3. The average Bonchev–Trinajstić information content (AvgIpc) is 3.30. The van der Waals surface area contributed by atoms with E-state index in [1.54, 1.807) is 31.3 Å². The SMILES string of the molecule is CCCS(=O)(=O)Nc1cccc(-c2nc(C(C)(C)C)[nH]c2-c2ccnc(CC[C@H](C)NC(=O)OC)n2)c1F. The number of H-pyrrole nitrogens is 1. The first-order chi connectivity index (χ1) is 17.8. The van der Waals surface area contributed by atoms with Crippen LogP contribution >= 0.6 is 0 Å². The minimum atomic E-state index is -3.69. The summed E-state index contributed by atoms with van der Waals surface area (Å²) in [5.74, 6) is 0.323. The third-order valence-electron chi connectivity index (χ3n) is 5.72. The van der Waals surface area contributed by atoms with Crippen molar-refractivity contribution in [1.29, 1.82) is 0 Å². The summed E-state index contributed by atoms with van der Waals surface area (Å²) < 4.78 is 47.3. The van der Waals surface area contributed by atoms with Gasteiger partial charge < -0.3 is 15.0 Å². The van der Waals surface area contributed by atoms with E-state index in [1.807, 2.05) is 27.7 Å². The highest BCUT2D eigenvalue weighted by molar-refractivity contribution is 7.92. The Morgan fingerprint density at radius 1 is 1.21 bits per heavy atom. The first kappa shape index (κ1) is 29.0. The number of nitrogens with zero attached hydrogens (tertiary/aromatic N) is 3. The molecule has 38 heavy (non-hydrogen) atoms. The molecular weight excluding hydrogens is 511 g/mol. The Bertz CT molecular complexity index is 1380. The van der Waals surface area contributed by atoms with E-state index in [0.717, 1.165) is 0 Å². The van der Waals surface area contributed by atoms with Gasteiger partial charge in [0.05, 0.1) is 29.9 Å². The van der Waals surface area contributed by atoms with Crippen LogP contribution in [0.1, 0.15) is 59.1 Å². The number of rotatable bonds is 10. The number of anilines is 1. The van der Waals surface area contributed by atoms with E-state index < -0.39 is 21.9 Å². The Morgan fingerprint density at radius 3 is 2.61 bits per heavy atom. The highest BCUT2D eigenvalue weighted by Crippen LogP contribution is 2.36. The van der Waals surface area contributed by atoms with E-state index >= 15 is 4.39 Å². The predicted octanol–water partition coefficient (Wildman–Crippen LogP) is 4.80. The number of carbonyl (C=O) groups excluding carboxylic acids is 1. The van der Waals surface area contributed by atoms with Gasteiger partial charge in [-0.25, -0.2) is 32.6 Å². The molecule has 3 aromatic rings. The van der Waals surface area contributed by atoms with Crippen LogP contribution in [-0.4, -0.2) is 53.4 Å². The van der Waals surface area contributed by atoms with Crippen LogP contribution in [0.5, 0.6) is 0 Å². The van der Waals surface area contributed by atoms with Gasteiger partial charge in [-0.3, -0.25) is 4.72 Å². The summed E-state index contributed by atoms with van der Waals surface area (Å²) in [6, 6.07) is 6.07. The number of benzene rings is 1. The maximum absolute atomic E-state index is 15.7. The van der Waals surface area contributed by atoms with Crippen molar-refractivity contribution in [2.24, 2.45) is 0 Å². The molecule has 3 rings (SSSR count). The number of hydrogen-bond acceptors (Lipinski definition) is 7. The van der Waals surface area contributed by atoms with Gasteiger partial charge >= 0.3 is 6.09 Å². The van der Waals surface area contributed by atoms with Crippen molar-refractivity contribution in [2.75, 3.05) is 17.6 Å². The third kappa shape index (κ3) is 7.27. The van der Waals surface area contributed by atoms with Gasteiger partial charge in [-0.15, -0.1) is 0 Å². The van der Waals surface area contributed by atoms with Gasteiger partial charge in [-0.05, 0) is 38.0 Å². The maximum Gasteiger partial charge on any atom is 0.407 e. The standard InChI is InChI=1S/C26H35FN6O4S/c1-7-15-38(35,36)33-18-10-8-9-17(21(18)27)22-23(32-24(31-22)26(3,4)5)19-13-14-28-20(30-19)12-11-16(2)29-25(34)37-6/h8-10,13-14,16,33H,7,11-12,15H2,1-6H3,(H,29,34)(H,31,32)/t16-/m0/s1. The molecule has 0 aliphatic carbocycles. The molecule has 0 fully saturated rings. The number of aromatic amines is 1. The molecule has 0 aliphatic rings. The molecule has 1 amide bonds. The van der Waals surface area contributed by atoms with Crippen molar-refractivity contribution in [1.82, 2.24) is 25.3 Å². The summed E-state index contributed by atoms with van der Waals surface area (Å²) in [7, 11) is -2.38. The number of hydrogen-bond donors (Lipinski definition) is 3. The molecule has 1 aromatic carbocycles. The Kier molecular flexibility index (Phi) is 9.08. The molecule has 2 heterocycles. The van der Waals surface area contributed by atoms with Crippen molar-refractivity contribution in [3.05, 3.63) is 47.9 Å². The Hall–Kier alpha value is -3.54. The molecule has 12 heteroatoms. The largest absolute Gasteiger partial charge is 0.453 e. The van der Waals surface area contributed by atoms with Crippen LogP contribution in [0, 0.1) is 5.82 Å². The summed E-state index contributed by atoms with van der Waals surface area (Å²) in [6.07, 6.45) is 2.57. The van der Waals surface area contributed by atoms with Crippen LogP contribution in [0.25, 0.3) is 22.6 Å². The lowest BCUT2D eigenvalue weighted by atomic mass is 9.96. The van der Waals surface area contributed by atoms with Crippen LogP contribution in [0.15, 0.2) is 30.5 Å². The first-order valence-corrected chi connectivity index (χ1v) is 14.1. The van der Waals surface area contributed by atoms with Crippen molar-refractivity contribution < 1.29 is 22.3 Å². The number of sulfonamides is 1. The van der Waals surface area contributed by atoms with Crippen LogP contribution in [0.2, 0.25) is 0 Å². The first-order valence-electron chi connectivity index (χ1n) is 12.4. The smallest absolute Gasteiger partial charge is 0.407 e. The third-order valence-corrected chi connectivity index (χ3v) is 7.20. The lowest BCUT2D eigenvalue weighted by Crippen LogP contribution is -2.32. The Labute approximate surface area is 222 Å². The van der Waals surface area contributed by atoms with E-state index in [4.69, 9.17) is 4.98 Å². The Balaban J connectivity index is 2.02. The highest BCUT2D eigenvalue weighted by atomic mass is 32.2. The minimum Gasteiger partial charge on any atom is -0.453 e. The fourth-order valence-corrected chi connectivity index (χ4v) is 4.86. The van der Waals surface area contributed by atoms with Crippen LogP contribution < -0.4 is 10.0 Å². The fraction of sp³-hybridized carbons (Fsp3) is 0.462. The number of amides is 1.